The maximum atomic E-state index is 11.2. The summed E-state index contributed by atoms with van der Waals surface area (Å²) in [4.78, 5) is 11.2. The van der Waals surface area contributed by atoms with Gasteiger partial charge < -0.3 is 29.4 Å². The number of aromatic carboxylic acids is 1. The number of methoxy groups -OCH3 is 4. The molecule has 0 spiro atoms. The van der Waals surface area contributed by atoms with Crippen molar-refractivity contribution in [2.75, 3.05) is 33.8 Å². The van der Waals surface area contributed by atoms with E-state index in [1.165, 1.54) is 26.4 Å². The second kappa shape index (κ2) is 8.14. The Hall–Kier alpha value is -3.09. The molecule has 7 heteroatoms. The minimum Gasteiger partial charge on any atom is -0.495 e. The monoisotopic (exact) mass is 347 g/mol. The number of hydrogen-bond acceptors (Lipinski definition) is 6. The van der Waals surface area contributed by atoms with Crippen molar-refractivity contribution in [3.05, 3.63) is 41.5 Å². The number of carboxylic acid groups (broad SMARTS) is 1. The molecule has 2 aromatic carbocycles. The first-order valence-electron chi connectivity index (χ1n) is 7.48. The molecule has 0 aliphatic rings. The van der Waals surface area contributed by atoms with Gasteiger partial charge in [-0.05, 0) is 30.3 Å². The van der Waals surface area contributed by atoms with Gasteiger partial charge in [0.25, 0.3) is 0 Å². The molecular formula is C18H21NO6. The molecule has 0 saturated carbocycles. The van der Waals surface area contributed by atoms with E-state index >= 15 is 0 Å². The van der Waals surface area contributed by atoms with Crippen LogP contribution in [0, 0.1) is 0 Å². The predicted molar refractivity (Wildman–Crippen MR) is 93.4 cm³/mol. The Morgan fingerprint density at radius 2 is 1.56 bits per heavy atom. The molecular weight excluding hydrogens is 326 g/mol. The molecule has 0 saturated heterocycles. The maximum absolute atomic E-state index is 11.2. The van der Waals surface area contributed by atoms with Crippen LogP contribution in [0.2, 0.25) is 0 Å². The topological polar surface area (TPSA) is 86.3 Å². The molecule has 0 amide bonds. The number of ether oxygens (including phenoxy) is 4. The molecule has 7 nitrogen and oxygen atoms in total. The summed E-state index contributed by atoms with van der Waals surface area (Å²) in [6, 6.07) is 8.25. The van der Waals surface area contributed by atoms with E-state index in [4.69, 9.17) is 24.1 Å². The molecule has 2 N–H and O–H groups in total. The zero-order chi connectivity index (χ0) is 18.4. The molecule has 134 valence electrons. The average molecular weight is 347 g/mol. The van der Waals surface area contributed by atoms with Crippen LogP contribution in [0.25, 0.3) is 0 Å². The van der Waals surface area contributed by atoms with Crippen LogP contribution in [-0.4, -0.2) is 39.5 Å². The van der Waals surface area contributed by atoms with Gasteiger partial charge in [-0.2, -0.15) is 0 Å². The molecule has 0 bridgehead atoms. The number of rotatable bonds is 8. The standard InChI is InChI=1S/C18H21NO6/c1-22-14-7-5-11(18(20)21)9-13(14)19-10-12-6-8-15(23-2)17(25-4)16(12)24-3/h5-9,19H,10H2,1-4H3,(H,20,21). The molecule has 0 radical (unpaired) electrons. The summed E-state index contributed by atoms with van der Waals surface area (Å²) in [5, 5.41) is 12.3. The van der Waals surface area contributed by atoms with E-state index < -0.39 is 5.97 Å². The van der Waals surface area contributed by atoms with Gasteiger partial charge >= 0.3 is 5.97 Å². The Morgan fingerprint density at radius 3 is 2.12 bits per heavy atom. The Balaban J connectivity index is 2.32. The van der Waals surface area contributed by atoms with Crippen molar-refractivity contribution in [2.45, 2.75) is 6.54 Å². The smallest absolute Gasteiger partial charge is 0.335 e. The summed E-state index contributed by atoms with van der Waals surface area (Å²) >= 11 is 0. The SMILES string of the molecule is COc1ccc(C(=O)O)cc1NCc1ccc(OC)c(OC)c1OC. The van der Waals surface area contributed by atoms with Crippen molar-refractivity contribution in [3.63, 3.8) is 0 Å². The van der Waals surface area contributed by atoms with E-state index in [0.29, 0.717) is 35.2 Å². The molecule has 0 atom stereocenters. The van der Waals surface area contributed by atoms with Gasteiger partial charge in [-0.3, -0.25) is 0 Å². The van der Waals surface area contributed by atoms with E-state index in [2.05, 4.69) is 5.32 Å². The summed E-state index contributed by atoms with van der Waals surface area (Å²) in [5.41, 5.74) is 1.56. The van der Waals surface area contributed by atoms with Gasteiger partial charge in [0.15, 0.2) is 11.5 Å². The molecule has 2 rings (SSSR count). The first kappa shape index (κ1) is 18.3. The highest BCUT2D eigenvalue weighted by molar-refractivity contribution is 5.89. The number of nitrogens with one attached hydrogen (secondary N) is 1. The maximum Gasteiger partial charge on any atom is 0.335 e. The number of hydrogen-bond donors (Lipinski definition) is 2. The third kappa shape index (κ3) is 3.88. The van der Waals surface area contributed by atoms with Crippen LogP contribution in [0.3, 0.4) is 0 Å². The number of anilines is 1. The fraction of sp³-hybridized carbons (Fsp3) is 0.278. The molecule has 0 aliphatic carbocycles. The molecule has 0 unspecified atom stereocenters. The minimum absolute atomic E-state index is 0.169. The van der Waals surface area contributed by atoms with E-state index in [0.717, 1.165) is 5.56 Å². The van der Waals surface area contributed by atoms with Crippen LogP contribution >= 0.6 is 0 Å². The molecule has 0 heterocycles. The van der Waals surface area contributed by atoms with Gasteiger partial charge in [-0.15, -0.1) is 0 Å². The van der Waals surface area contributed by atoms with E-state index in [-0.39, 0.29) is 5.56 Å². The predicted octanol–water partition coefficient (Wildman–Crippen LogP) is 3.03. The zero-order valence-corrected chi connectivity index (χ0v) is 14.6. The van der Waals surface area contributed by atoms with E-state index in [1.807, 2.05) is 6.07 Å². The number of carbonyl (C=O) groups is 1. The summed E-state index contributed by atoms with van der Waals surface area (Å²) in [5.74, 6) is 1.14. The molecule has 2 aromatic rings. The van der Waals surface area contributed by atoms with Gasteiger partial charge in [-0.25, -0.2) is 4.79 Å². The molecule has 25 heavy (non-hydrogen) atoms. The summed E-state index contributed by atoms with van der Waals surface area (Å²) in [6.45, 7) is 0.378. The molecule has 0 fully saturated rings. The lowest BCUT2D eigenvalue weighted by molar-refractivity contribution is 0.0697. The number of carboxylic acids is 1. The van der Waals surface area contributed by atoms with Crippen LogP contribution in [0.4, 0.5) is 5.69 Å². The van der Waals surface area contributed by atoms with Crippen LogP contribution < -0.4 is 24.3 Å². The lowest BCUT2D eigenvalue weighted by atomic mass is 10.1. The molecule has 0 aromatic heterocycles. The zero-order valence-electron chi connectivity index (χ0n) is 14.6. The summed E-state index contributed by atoms with van der Waals surface area (Å²) < 4.78 is 21.4. The van der Waals surface area contributed by atoms with Crippen molar-refractivity contribution in [2.24, 2.45) is 0 Å². The average Bonchev–Trinajstić information content (AvgIpc) is 2.64. The highest BCUT2D eigenvalue weighted by atomic mass is 16.5. The van der Waals surface area contributed by atoms with Gasteiger partial charge in [0.1, 0.15) is 5.75 Å². The largest absolute Gasteiger partial charge is 0.495 e. The van der Waals surface area contributed by atoms with Gasteiger partial charge in [0, 0.05) is 12.1 Å². The van der Waals surface area contributed by atoms with Gasteiger partial charge in [-0.1, -0.05) is 0 Å². The van der Waals surface area contributed by atoms with Gasteiger partial charge in [0.2, 0.25) is 5.75 Å². The lowest BCUT2D eigenvalue weighted by Crippen LogP contribution is -2.06. The van der Waals surface area contributed by atoms with Crippen molar-refractivity contribution in [3.8, 4) is 23.0 Å². The normalized spacial score (nSPS) is 10.1. The fourth-order valence-electron chi connectivity index (χ4n) is 2.47. The summed E-state index contributed by atoms with van der Waals surface area (Å²) in [7, 11) is 6.17. The molecule has 0 aliphatic heterocycles. The second-order valence-corrected chi connectivity index (χ2v) is 5.07. The highest BCUT2D eigenvalue weighted by Gasteiger charge is 2.16. The van der Waals surface area contributed by atoms with Crippen LogP contribution in [0.1, 0.15) is 15.9 Å². The number of benzene rings is 2. The Bertz CT molecular complexity index is 759. The first-order chi connectivity index (χ1) is 12.0. The Labute approximate surface area is 146 Å². The Morgan fingerprint density at radius 1 is 0.920 bits per heavy atom. The minimum atomic E-state index is -1.01. The highest BCUT2D eigenvalue weighted by Crippen LogP contribution is 2.40. The third-order valence-corrected chi connectivity index (χ3v) is 3.70. The van der Waals surface area contributed by atoms with Gasteiger partial charge in [0.05, 0.1) is 39.7 Å². The van der Waals surface area contributed by atoms with Crippen molar-refractivity contribution in [1.29, 1.82) is 0 Å². The Kier molecular flexibility index (Phi) is 5.94. The summed E-state index contributed by atoms with van der Waals surface area (Å²) in [6.07, 6.45) is 0. The van der Waals surface area contributed by atoms with E-state index in [9.17, 15) is 4.79 Å². The van der Waals surface area contributed by atoms with Crippen LogP contribution in [0.5, 0.6) is 23.0 Å². The van der Waals surface area contributed by atoms with Crippen molar-refractivity contribution >= 4 is 11.7 Å². The second-order valence-electron chi connectivity index (χ2n) is 5.07. The van der Waals surface area contributed by atoms with Crippen molar-refractivity contribution in [1.82, 2.24) is 0 Å². The van der Waals surface area contributed by atoms with Crippen LogP contribution in [-0.2, 0) is 6.54 Å². The van der Waals surface area contributed by atoms with E-state index in [1.54, 1.807) is 26.4 Å². The van der Waals surface area contributed by atoms with Crippen molar-refractivity contribution < 1.29 is 28.8 Å². The lowest BCUT2D eigenvalue weighted by Gasteiger charge is -2.17. The fourth-order valence-corrected chi connectivity index (χ4v) is 2.47. The van der Waals surface area contributed by atoms with Crippen LogP contribution in [0.15, 0.2) is 30.3 Å². The quantitative estimate of drug-likeness (QED) is 0.759. The first-order valence-corrected chi connectivity index (χ1v) is 7.48. The third-order valence-electron chi connectivity index (χ3n) is 3.70.